The molecule has 0 aliphatic rings. The molecule has 0 saturated carbocycles. The molecule has 0 radical (unpaired) electrons. The van der Waals surface area contributed by atoms with Crippen molar-refractivity contribution in [2.24, 2.45) is 5.41 Å². The normalized spacial score (nSPS) is 11.1. The Labute approximate surface area is 118 Å². The summed E-state index contributed by atoms with van der Waals surface area (Å²) in [5, 5.41) is 12.1. The molecule has 0 heterocycles. The van der Waals surface area contributed by atoms with E-state index in [1.54, 1.807) is 18.2 Å². The van der Waals surface area contributed by atoms with Gasteiger partial charge in [0, 0.05) is 6.42 Å². The zero-order valence-corrected chi connectivity index (χ0v) is 12.3. The highest BCUT2D eigenvalue weighted by atomic mass is 79.9. The number of halogens is 2. The molecule has 4 nitrogen and oxygen atoms in total. The van der Waals surface area contributed by atoms with Crippen LogP contribution < -0.4 is 5.32 Å². The third-order valence-corrected chi connectivity index (χ3v) is 3.80. The number of carboxylic acid groups (broad SMARTS) is 1. The Kier molecular flexibility index (Phi) is 4.76. The highest BCUT2D eigenvalue weighted by Crippen LogP contribution is 2.30. The van der Waals surface area contributed by atoms with Crippen LogP contribution in [0.5, 0.6) is 0 Å². The molecule has 1 aromatic carbocycles. The second-order valence-electron chi connectivity index (χ2n) is 4.52. The first kappa shape index (κ1) is 15.0. The number of carbonyl (C=O) groups excluding carboxylic acids is 1. The molecule has 0 saturated heterocycles. The summed E-state index contributed by atoms with van der Waals surface area (Å²) in [7, 11) is 0. The number of carbonyl (C=O) groups is 2. The van der Waals surface area contributed by atoms with Crippen LogP contribution in [0.2, 0.25) is 5.02 Å². The number of rotatable bonds is 4. The van der Waals surface area contributed by atoms with Crippen molar-refractivity contribution < 1.29 is 14.7 Å². The number of nitrogens with one attached hydrogen (secondary N) is 1. The average molecular weight is 335 g/mol. The van der Waals surface area contributed by atoms with Gasteiger partial charge in [-0.1, -0.05) is 17.7 Å². The van der Waals surface area contributed by atoms with Crippen LogP contribution in [0.25, 0.3) is 0 Å². The molecule has 0 atom stereocenters. The third-order valence-electron chi connectivity index (χ3n) is 2.41. The van der Waals surface area contributed by atoms with E-state index in [9.17, 15) is 9.59 Å². The minimum absolute atomic E-state index is 0.110. The molecule has 18 heavy (non-hydrogen) atoms. The SMILES string of the molecule is CC(C)(CC(=O)Nc1cccc(Cl)c1Br)C(=O)O. The Hall–Kier alpha value is -1.07. The summed E-state index contributed by atoms with van der Waals surface area (Å²) in [6, 6.07) is 5.06. The Bertz CT molecular complexity index is 488. The van der Waals surface area contributed by atoms with Gasteiger partial charge in [0.2, 0.25) is 5.91 Å². The second-order valence-corrected chi connectivity index (χ2v) is 5.72. The number of hydrogen-bond donors (Lipinski definition) is 2. The molecule has 1 rings (SSSR count). The van der Waals surface area contributed by atoms with Crippen LogP contribution in [0.4, 0.5) is 5.69 Å². The minimum atomic E-state index is -1.10. The van der Waals surface area contributed by atoms with Gasteiger partial charge in [-0.25, -0.2) is 0 Å². The van der Waals surface area contributed by atoms with Crippen molar-refractivity contribution in [3.05, 3.63) is 27.7 Å². The molecule has 1 aromatic rings. The molecule has 6 heteroatoms. The van der Waals surface area contributed by atoms with E-state index < -0.39 is 11.4 Å². The van der Waals surface area contributed by atoms with Gasteiger partial charge in [-0.3, -0.25) is 9.59 Å². The topological polar surface area (TPSA) is 66.4 Å². The van der Waals surface area contributed by atoms with E-state index in [1.165, 1.54) is 13.8 Å². The lowest BCUT2D eigenvalue weighted by molar-refractivity contribution is -0.148. The van der Waals surface area contributed by atoms with Crippen molar-refractivity contribution in [3.63, 3.8) is 0 Å². The summed E-state index contributed by atoms with van der Waals surface area (Å²) in [4.78, 5) is 22.7. The van der Waals surface area contributed by atoms with Crippen molar-refractivity contribution in [2.75, 3.05) is 5.32 Å². The van der Waals surface area contributed by atoms with Crippen LogP contribution in [-0.2, 0) is 9.59 Å². The van der Waals surface area contributed by atoms with E-state index in [-0.39, 0.29) is 12.3 Å². The van der Waals surface area contributed by atoms with Gasteiger partial charge < -0.3 is 10.4 Å². The van der Waals surface area contributed by atoms with Crippen LogP contribution in [0.1, 0.15) is 20.3 Å². The fourth-order valence-corrected chi connectivity index (χ4v) is 1.81. The Morgan fingerprint density at radius 3 is 2.61 bits per heavy atom. The molecule has 0 aliphatic heterocycles. The van der Waals surface area contributed by atoms with Crippen LogP contribution in [0, 0.1) is 5.41 Å². The van der Waals surface area contributed by atoms with Crippen LogP contribution in [0.3, 0.4) is 0 Å². The molecule has 1 amide bonds. The molecule has 0 spiro atoms. The molecule has 2 N–H and O–H groups in total. The number of amides is 1. The first-order valence-corrected chi connectivity index (χ1v) is 6.38. The van der Waals surface area contributed by atoms with Gasteiger partial charge in [-0.2, -0.15) is 0 Å². The van der Waals surface area contributed by atoms with E-state index in [4.69, 9.17) is 16.7 Å². The number of anilines is 1. The fourth-order valence-electron chi connectivity index (χ4n) is 1.27. The van der Waals surface area contributed by atoms with Crippen LogP contribution in [-0.4, -0.2) is 17.0 Å². The maximum atomic E-state index is 11.8. The number of carboxylic acids is 1. The summed E-state index contributed by atoms with van der Waals surface area (Å²) in [6.45, 7) is 3.00. The monoisotopic (exact) mass is 333 g/mol. The zero-order chi connectivity index (χ0) is 13.9. The van der Waals surface area contributed by atoms with Crippen molar-refractivity contribution in [1.82, 2.24) is 0 Å². The molecule has 0 aromatic heterocycles. The van der Waals surface area contributed by atoms with Gasteiger partial charge >= 0.3 is 5.97 Å². The molecule has 0 bridgehead atoms. The third kappa shape index (κ3) is 3.71. The number of aliphatic carboxylic acids is 1. The van der Waals surface area contributed by atoms with Gasteiger partial charge in [-0.15, -0.1) is 0 Å². The van der Waals surface area contributed by atoms with Crippen molar-refractivity contribution >= 4 is 45.1 Å². The fraction of sp³-hybridized carbons (Fsp3) is 0.333. The molecular weight excluding hydrogens is 321 g/mol. The molecule has 98 valence electrons. The Morgan fingerprint density at radius 2 is 2.06 bits per heavy atom. The first-order valence-electron chi connectivity index (χ1n) is 5.21. The molecule has 0 unspecified atom stereocenters. The van der Waals surface area contributed by atoms with E-state index in [0.29, 0.717) is 15.2 Å². The summed E-state index contributed by atoms with van der Waals surface area (Å²) < 4.78 is 0.577. The van der Waals surface area contributed by atoms with Gasteiger partial charge in [0.15, 0.2) is 0 Å². The molecular formula is C12H13BrClNO3. The first-order chi connectivity index (χ1) is 8.24. The maximum Gasteiger partial charge on any atom is 0.309 e. The minimum Gasteiger partial charge on any atom is -0.481 e. The summed E-state index contributed by atoms with van der Waals surface area (Å²) >= 11 is 9.14. The van der Waals surface area contributed by atoms with Crippen molar-refractivity contribution in [1.29, 1.82) is 0 Å². The number of benzene rings is 1. The van der Waals surface area contributed by atoms with Crippen molar-refractivity contribution in [2.45, 2.75) is 20.3 Å². The second kappa shape index (κ2) is 5.71. The van der Waals surface area contributed by atoms with E-state index >= 15 is 0 Å². The van der Waals surface area contributed by atoms with Crippen LogP contribution in [0.15, 0.2) is 22.7 Å². The standard InChI is InChI=1S/C12H13BrClNO3/c1-12(2,11(17)18)6-9(16)15-8-5-3-4-7(14)10(8)13/h3-5H,6H2,1-2H3,(H,15,16)(H,17,18). The van der Waals surface area contributed by atoms with E-state index in [2.05, 4.69) is 21.2 Å². The van der Waals surface area contributed by atoms with E-state index in [1.807, 2.05) is 0 Å². The van der Waals surface area contributed by atoms with Gasteiger partial charge in [0.25, 0.3) is 0 Å². The summed E-state index contributed by atoms with van der Waals surface area (Å²) in [5.41, 5.74) is -0.580. The van der Waals surface area contributed by atoms with Gasteiger partial charge in [0.1, 0.15) is 0 Å². The maximum absolute atomic E-state index is 11.8. The van der Waals surface area contributed by atoms with Gasteiger partial charge in [0.05, 0.1) is 20.6 Å². The quantitative estimate of drug-likeness (QED) is 0.885. The highest BCUT2D eigenvalue weighted by Gasteiger charge is 2.30. The van der Waals surface area contributed by atoms with E-state index in [0.717, 1.165) is 0 Å². The lowest BCUT2D eigenvalue weighted by Gasteiger charge is -2.18. The Balaban J connectivity index is 2.77. The average Bonchev–Trinajstić information content (AvgIpc) is 2.23. The molecule has 0 fully saturated rings. The molecule has 0 aliphatic carbocycles. The summed E-state index contributed by atoms with van der Waals surface area (Å²) in [6.07, 6.45) is -0.110. The lowest BCUT2D eigenvalue weighted by Crippen LogP contribution is -2.29. The highest BCUT2D eigenvalue weighted by molar-refractivity contribution is 9.10. The lowest BCUT2D eigenvalue weighted by atomic mass is 9.89. The van der Waals surface area contributed by atoms with Crippen LogP contribution >= 0.6 is 27.5 Å². The van der Waals surface area contributed by atoms with Crippen molar-refractivity contribution in [3.8, 4) is 0 Å². The Morgan fingerprint density at radius 1 is 1.44 bits per heavy atom. The largest absolute Gasteiger partial charge is 0.481 e. The van der Waals surface area contributed by atoms with Gasteiger partial charge in [-0.05, 0) is 41.9 Å². The number of hydrogen-bond acceptors (Lipinski definition) is 2. The zero-order valence-electron chi connectivity index (χ0n) is 9.96. The predicted octanol–water partition coefficient (Wildman–Crippen LogP) is 3.54. The smallest absolute Gasteiger partial charge is 0.309 e. The summed E-state index contributed by atoms with van der Waals surface area (Å²) in [5.74, 6) is -1.38. The predicted molar refractivity (Wildman–Crippen MR) is 73.8 cm³/mol.